The molecule has 2 aromatic carbocycles. The van der Waals surface area contributed by atoms with E-state index >= 15 is 0 Å². The average molecular weight is 311 g/mol. The summed E-state index contributed by atoms with van der Waals surface area (Å²) in [5.74, 6) is 2.52. The largest absolute Gasteiger partial charge is 0.497 e. The fourth-order valence-corrected chi connectivity index (χ4v) is 2.58. The van der Waals surface area contributed by atoms with E-state index in [1.807, 2.05) is 36.4 Å². The van der Waals surface area contributed by atoms with Crippen molar-refractivity contribution < 1.29 is 13.9 Å². The molecule has 0 fully saturated rings. The fraction of sp³-hybridized carbons (Fsp3) is 0.263. The van der Waals surface area contributed by atoms with Crippen LogP contribution in [0.5, 0.6) is 11.5 Å². The summed E-state index contributed by atoms with van der Waals surface area (Å²) < 4.78 is 16.6. The maximum atomic E-state index is 5.97. The van der Waals surface area contributed by atoms with Gasteiger partial charge in [-0.3, -0.25) is 0 Å². The maximum absolute atomic E-state index is 5.97. The van der Waals surface area contributed by atoms with Gasteiger partial charge in [-0.25, -0.2) is 0 Å². The third-order valence-electron chi connectivity index (χ3n) is 3.92. The molecule has 1 heterocycles. The average Bonchev–Trinajstić information content (AvgIpc) is 3.04. The number of ether oxygens (including phenoxy) is 2. The minimum absolute atomic E-state index is 0.0957. The molecule has 1 aromatic heterocycles. The minimum atomic E-state index is 0.0957. The van der Waals surface area contributed by atoms with Crippen molar-refractivity contribution in [2.24, 2.45) is 0 Å². The molecule has 0 amide bonds. The first-order valence-electron chi connectivity index (χ1n) is 7.64. The molecule has 4 nitrogen and oxygen atoms in total. The van der Waals surface area contributed by atoms with Gasteiger partial charge in [-0.1, -0.05) is 24.3 Å². The summed E-state index contributed by atoms with van der Waals surface area (Å²) in [6, 6.07) is 16.1. The summed E-state index contributed by atoms with van der Waals surface area (Å²) in [6.45, 7) is 2.83. The zero-order valence-electron chi connectivity index (χ0n) is 13.6. The topological polar surface area (TPSA) is 43.6 Å². The van der Waals surface area contributed by atoms with E-state index in [0.717, 1.165) is 34.8 Å². The molecule has 0 bridgehead atoms. The number of para-hydroxylation sites is 1. The van der Waals surface area contributed by atoms with Crippen LogP contribution in [0.15, 0.2) is 52.9 Å². The molecule has 0 aliphatic carbocycles. The second-order valence-corrected chi connectivity index (χ2v) is 5.48. The maximum Gasteiger partial charge on any atom is 0.176 e. The molecule has 3 rings (SSSR count). The normalized spacial score (nSPS) is 12.3. The Hall–Kier alpha value is -2.46. The molecule has 0 aliphatic rings. The highest BCUT2D eigenvalue weighted by atomic mass is 16.5. The first-order chi connectivity index (χ1) is 11.2. The van der Waals surface area contributed by atoms with Gasteiger partial charge in [-0.15, -0.1) is 0 Å². The van der Waals surface area contributed by atoms with Crippen LogP contribution in [0.4, 0.5) is 0 Å². The lowest BCUT2D eigenvalue weighted by Gasteiger charge is -2.12. The van der Waals surface area contributed by atoms with E-state index in [1.54, 1.807) is 14.2 Å². The lowest BCUT2D eigenvalue weighted by Crippen LogP contribution is -2.17. The summed E-state index contributed by atoms with van der Waals surface area (Å²) in [7, 11) is 3.33. The Morgan fingerprint density at radius 1 is 1.04 bits per heavy atom. The van der Waals surface area contributed by atoms with Crippen LogP contribution in [-0.4, -0.2) is 14.2 Å². The van der Waals surface area contributed by atoms with Crippen LogP contribution < -0.4 is 14.8 Å². The Morgan fingerprint density at radius 2 is 1.87 bits per heavy atom. The molecule has 0 aliphatic heterocycles. The SMILES string of the molecule is COc1cccc(CN[C@@H](C)c2cc3cccc(OC)c3o2)c1. The minimum Gasteiger partial charge on any atom is -0.497 e. The van der Waals surface area contributed by atoms with E-state index in [-0.39, 0.29) is 6.04 Å². The number of nitrogens with one attached hydrogen (secondary N) is 1. The van der Waals surface area contributed by atoms with Gasteiger partial charge >= 0.3 is 0 Å². The molecule has 0 saturated heterocycles. The number of hydrogen-bond acceptors (Lipinski definition) is 4. The third kappa shape index (κ3) is 3.32. The molecule has 0 spiro atoms. The van der Waals surface area contributed by atoms with Crippen LogP contribution in [0, 0.1) is 0 Å². The quantitative estimate of drug-likeness (QED) is 0.737. The van der Waals surface area contributed by atoms with E-state index in [1.165, 1.54) is 5.56 Å². The highest BCUT2D eigenvalue weighted by Crippen LogP contribution is 2.30. The van der Waals surface area contributed by atoms with E-state index < -0.39 is 0 Å². The lowest BCUT2D eigenvalue weighted by molar-refractivity contribution is 0.399. The van der Waals surface area contributed by atoms with Crippen molar-refractivity contribution in [2.45, 2.75) is 19.5 Å². The Balaban J connectivity index is 1.74. The second-order valence-electron chi connectivity index (χ2n) is 5.48. The predicted molar refractivity (Wildman–Crippen MR) is 91.0 cm³/mol. The highest BCUT2D eigenvalue weighted by molar-refractivity contribution is 5.83. The third-order valence-corrected chi connectivity index (χ3v) is 3.92. The van der Waals surface area contributed by atoms with E-state index in [9.17, 15) is 0 Å². The van der Waals surface area contributed by atoms with Crippen molar-refractivity contribution >= 4 is 11.0 Å². The molecule has 0 radical (unpaired) electrons. The highest BCUT2D eigenvalue weighted by Gasteiger charge is 2.13. The van der Waals surface area contributed by atoms with E-state index in [2.05, 4.69) is 24.4 Å². The van der Waals surface area contributed by atoms with Crippen molar-refractivity contribution in [3.05, 3.63) is 59.9 Å². The molecule has 120 valence electrons. The molecule has 4 heteroatoms. The summed E-state index contributed by atoms with van der Waals surface area (Å²) >= 11 is 0. The number of hydrogen-bond donors (Lipinski definition) is 1. The van der Waals surface area contributed by atoms with E-state index in [4.69, 9.17) is 13.9 Å². The van der Waals surface area contributed by atoms with Crippen LogP contribution in [0.2, 0.25) is 0 Å². The van der Waals surface area contributed by atoms with Crippen molar-refractivity contribution in [3.63, 3.8) is 0 Å². The predicted octanol–water partition coefficient (Wildman–Crippen LogP) is 4.30. The molecule has 3 aromatic rings. The zero-order chi connectivity index (χ0) is 16.2. The van der Waals surface area contributed by atoms with Gasteiger partial charge in [0.05, 0.1) is 20.3 Å². The van der Waals surface area contributed by atoms with Crippen LogP contribution in [0.25, 0.3) is 11.0 Å². The monoisotopic (exact) mass is 311 g/mol. The Bertz CT molecular complexity index is 794. The Morgan fingerprint density at radius 3 is 2.65 bits per heavy atom. The number of benzene rings is 2. The van der Waals surface area contributed by atoms with Gasteiger partial charge in [0.25, 0.3) is 0 Å². The summed E-state index contributed by atoms with van der Waals surface area (Å²) in [5.41, 5.74) is 1.96. The van der Waals surface area contributed by atoms with Crippen LogP contribution in [0.3, 0.4) is 0 Å². The Labute approximate surface area is 136 Å². The zero-order valence-corrected chi connectivity index (χ0v) is 13.6. The number of rotatable bonds is 6. The smallest absolute Gasteiger partial charge is 0.176 e. The second kappa shape index (κ2) is 6.75. The molecule has 23 heavy (non-hydrogen) atoms. The van der Waals surface area contributed by atoms with E-state index in [0.29, 0.717) is 0 Å². The van der Waals surface area contributed by atoms with Gasteiger partial charge < -0.3 is 19.2 Å². The lowest BCUT2D eigenvalue weighted by atomic mass is 10.1. The van der Waals surface area contributed by atoms with Crippen molar-refractivity contribution in [1.29, 1.82) is 0 Å². The first-order valence-corrected chi connectivity index (χ1v) is 7.64. The fourth-order valence-electron chi connectivity index (χ4n) is 2.58. The number of fused-ring (bicyclic) bond motifs is 1. The molecule has 1 N–H and O–H groups in total. The van der Waals surface area contributed by atoms with Gasteiger partial charge in [0.1, 0.15) is 11.5 Å². The molecular weight excluding hydrogens is 290 g/mol. The van der Waals surface area contributed by atoms with Crippen LogP contribution in [0.1, 0.15) is 24.3 Å². The van der Waals surface area contributed by atoms with Gasteiger partial charge in [-0.2, -0.15) is 0 Å². The standard InChI is InChI=1S/C19H21NO3/c1-13(20-12-14-6-4-8-16(10-14)21-2)18-11-15-7-5-9-17(22-3)19(15)23-18/h4-11,13,20H,12H2,1-3H3/t13-/m0/s1. The summed E-state index contributed by atoms with van der Waals surface area (Å²) in [6.07, 6.45) is 0. The van der Waals surface area contributed by atoms with Crippen molar-refractivity contribution in [2.75, 3.05) is 14.2 Å². The molecular formula is C19H21NO3. The van der Waals surface area contributed by atoms with Gasteiger partial charge in [0.2, 0.25) is 0 Å². The summed E-state index contributed by atoms with van der Waals surface area (Å²) in [4.78, 5) is 0. The van der Waals surface area contributed by atoms with Gasteiger partial charge in [0.15, 0.2) is 11.3 Å². The first kappa shape index (κ1) is 15.4. The van der Waals surface area contributed by atoms with Crippen molar-refractivity contribution in [3.8, 4) is 11.5 Å². The van der Waals surface area contributed by atoms with Gasteiger partial charge in [0, 0.05) is 11.9 Å². The Kier molecular flexibility index (Phi) is 4.53. The number of methoxy groups -OCH3 is 2. The van der Waals surface area contributed by atoms with Crippen LogP contribution >= 0.6 is 0 Å². The summed E-state index contributed by atoms with van der Waals surface area (Å²) in [5, 5.41) is 4.53. The molecule has 1 atom stereocenters. The van der Waals surface area contributed by atoms with Crippen molar-refractivity contribution in [1.82, 2.24) is 5.32 Å². The van der Waals surface area contributed by atoms with Gasteiger partial charge in [-0.05, 0) is 36.8 Å². The van der Waals surface area contributed by atoms with Crippen LogP contribution in [-0.2, 0) is 6.54 Å². The molecule has 0 saturated carbocycles. The number of furan rings is 1. The molecule has 0 unspecified atom stereocenters.